The highest BCUT2D eigenvalue weighted by Gasteiger charge is 2.34. The van der Waals surface area contributed by atoms with Gasteiger partial charge in [-0.25, -0.2) is 8.42 Å². The Bertz CT molecular complexity index is 1720. The van der Waals surface area contributed by atoms with Gasteiger partial charge in [0.1, 0.15) is 12.6 Å². The Hall–Kier alpha value is -4.54. The first-order valence-electron chi connectivity index (χ1n) is 14.2. The van der Waals surface area contributed by atoms with E-state index >= 15 is 0 Å². The molecule has 45 heavy (non-hydrogen) atoms. The molecule has 0 aliphatic rings. The largest absolute Gasteiger partial charge is 0.493 e. The highest BCUT2D eigenvalue weighted by Crippen LogP contribution is 2.33. The molecule has 0 heterocycles. The summed E-state index contributed by atoms with van der Waals surface area (Å²) in [7, 11) is 0.0311. The van der Waals surface area contributed by atoms with Crippen LogP contribution in [-0.4, -0.2) is 59.0 Å². The zero-order valence-corrected chi connectivity index (χ0v) is 27.1. The molecule has 0 aliphatic heterocycles. The van der Waals surface area contributed by atoms with Crippen LogP contribution < -0.4 is 19.1 Å². The summed E-state index contributed by atoms with van der Waals surface area (Å²) in [4.78, 5) is 29.1. The molecule has 0 radical (unpaired) electrons. The second-order valence-corrected chi connectivity index (χ2v) is 12.6. The molecule has 1 N–H and O–H groups in total. The van der Waals surface area contributed by atoms with Gasteiger partial charge in [-0.2, -0.15) is 0 Å². The van der Waals surface area contributed by atoms with Crippen LogP contribution in [0.15, 0.2) is 102 Å². The molecule has 11 heteroatoms. The Kier molecular flexibility index (Phi) is 11.1. The minimum atomic E-state index is -4.34. The van der Waals surface area contributed by atoms with Crippen molar-refractivity contribution in [3.05, 3.63) is 119 Å². The number of methoxy groups -OCH3 is 2. The molecular formula is C34H36ClN3O6S. The maximum Gasteiger partial charge on any atom is 0.264 e. The summed E-state index contributed by atoms with van der Waals surface area (Å²) < 4.78 is 40.1. The van der Waals surface area contributed by atoms with Crippen molar-refractivity contribution in [1.29, 1.82) is 0 Å². The van der Waals surface area contributed by atoms with Crippen LogP contribution in [-0.2, 0) is 32.6 Å². The fourth-order valence-electron chi connectivity index (χ4n) is 4.85. The van der Waals surface area contributed by atoms with Gasteiger partial charge in [-0.1, -0.05) is 71.8 Å². The number of nitrogens with zero attached hydrogens (tertiary/aromatic N) is 2. The van der Waals surface area contributed by atoms with E-state index < -0.39 is 28.5 Å². The molecular weight excluding hydrogens is 614 g/mol. The Morgan fingerprint density at radius 2 is 1.49 bits per heavy atom. The summed E-state index contributed by atoms with van der Waals surface area (Å²) in [6.45, 7) is 1.44. The van der Waals surface area contributed by atoms with Crippen LogP contribution >= 0.6 is 11.6 Å². The van der Waals surface area contributed by atoms with E-state index in [1.165, 1.54) is 56.5 Å². The van der Waals surface area contributed by atoms with Crippen molar-refractivity contribution in [3.63, 3.8) is 0 Å². The number of amides is 2. The fourth-order valence-corrected chi connectivity index (χ4v) is 6.41. The number of halogens is 1. The zero-order valence-electron chi connectivity index (χ0n) is 25.6. The molecule has 0 saturated heterocycles. The van der Waals surface area contributed by atoms with Gasteiger partial charge in [-0.3, -0.25) is 13.9 Å². The van der Waals surface area contributed by atoms with Gasteiger partial charge in [-0.15, -0.1) is 0 Å². The number of rotatable bonds is 13. The normalized spacial score (nSPS) is 11.8. The van der Waals surface area contributed by atoms with Crippen molar-refractivity contribution in [2.45, 2.75) is 30.8 Å². The van der Waals surface area contributed by atoms with Crippen LogP contribution in [0, 0.1) is 6.92 Å². The molecule has 4 aromatic carbocycles. The van der Waals surface area contributed by atoms with Gasteiger partial charge in [0.2, 0.25) is 11.8 Å². The highest BCUT2D eigenvalue weighted by molar-refractivity contribution is 7.92. The van der Waals surface area contributed by atoms with E-state index in [1.54, 1.807) is 12.1 Å². The molecule has 4 rings (SSSR count). The third-order valence-electron chi connectivity index (χ3n) is 7.33. The van der Waals surface area contributed by atoms with Crippen LogP contribution in [0.3, 0.4) is 0 Å². The van der Waals surface area contributed by atoms with Crippen LogP contribution in [0.5, 0.6) is 11.5 Å². The van der Waals surface area contributed by atoms with E-state index in [0.717, 1.165) is 21.0 Å². The molecule has 4 aromatic rings. The van der Waals surface area contributed by atoms with Crippen molar-refractivity contribution in [2.75, 3.05) is 32.1 Å². The maximum atomic E-state index is 14.4. The third-order valence-corrected chi connectivity index (χ3v) is 9.35. The molecule has 0 bridgehead atoms. The lowest BCUT2D eigenvalue weighted by Crippen LogP contribution is -2.53. The average Bonchev–Trinajstić information content (AvgIpc) is 3.06. The predicted octanol–water partition coefficient (Wildman–Crippen LogP) is 5.25. The van der Waals surface area contributed by atoms with Gasteiger partial charge in [0.05, 0.1) is 24.8 Å². The number of hydrogen-bond acceptors (Lipinski definition) is 6. The summed E-state index contributed by atoms with van der Waals surface area (Å²) in [5.41, 5.74) is 2.90. The predicted molar refractivity (Wildman–Crippen MR) is 175 cm³/mol. The van der Waals surface area contributed by atoms with Crippen molar-refractivity contribution < 1.29 is 27.5 Å². The van der Waals surface area contributed by atoms with Gasteiger partial charge >= 0.3 is 0 Å². The summed E-state index contributed by atoms with van der Waals surface area (Å²) in [5.74, 6) is -0.382. The molecule has 0 fully saturated rings. The fraction of sp³-hybridized carbons (Fsp3) is 0.235. The third kappa shape index (κ3) is 8.14. The average molecular weight is 650 g/mol. The smallest absolute Gasteiger partial charge is 0.264 e. The van der Waals surface area contributed by atoms with Crippen LogP contribution in [0.4, 0.5) is 5.69 Å². The number of likely N-dealkylation sites (N-methyl/N-ethyl adjacent to an activating group) is 1. The lowest BCUT2D eigenvalue weighted by Gasteiger charge is -2.33. The minimum Gasteiger partial charge on any atom is -0.493 e. The first-order chi connectivity index (χ1) is 21.6. The number of ether oxygens (including phenoxy) is 2. The zero-order chi connectivity index (χ0) is 32.6. The van der Waals surface area contributed by atoms with Gasteiger partial charge in [0.25, 0.3) is 10.0 Å². The van der Waals surface area contributed by atoms with E-state index in [2.05, 4.69) is 5.32 Å². The second-order valence-electron chi connectivity index (χ2n) is 10.3. The molecule has 236 valence electrons. The van der Waals surface area contributed by atoms with E-state index in [4.69, 9.17) is 21.1 Å². The van der Waals surface area contributed by atoms with Gasteiger partial charge in [-0.05, 0) is 54.4 Å². The summed E-state index contributed by atoms with van der Waals surface area (Å²) in [6, 6.07) is 26.4. The van der Waals surface area contributed by atoms with Crippen LogP contribution in [0.1, 0.15) is 16.7 Å². The molecule has 0 saturated carbocycles. The SMILES string of the molecule is CNC(=O)[C@@H](Cc1ccccc1)N(Cc1ccc(C)cc1)C(=O)CN(c1ccc(Cl)cc1)S(=O)(=O)c1ccc(OC)c(OC)c1. The van der Waals surface area contributed by atoms with Crippen molar-refractivity contribution in [2.24, 2.45) is 0 Å². The highest BCUT2D eigenvalue weighted by atomic mass is 35.5. The van der Waals surface area contributed by atoms with Crippen LogP contribution in [0.2, 0.25) is 5.02 Å². The Balaban J connectivity index is 1.80. The summed E-state index contributed by atoms with van der Waals surface area (Å²) in [6.07, 6.45) is 0.224. The van der Waals surface area contributed by atoms with Gasteiger partial charge < -0.3 is 19.7 Å². The van der Waals surface area contributed by atoms with Gasteiger partial charge in [0, 0.05) is 31.1 Å². The molecule has 1 atom stereocenters. The number of carbonyl (C=O) groups is 2. The number of hydrogen-bond donors (Lipinski definition) is 1. The first-order valence-corrected chi connectivity index (χ1v) is 16.0. The number of aryl methyl sites for hydroxylation is 1. The topological polar surface area (TPSA) is 105 Å². The maximum absolute atomic E-state index is 14.4. The number of nitrogens with one attached hydrogen (secondary N) is 1. The molecule has 9 nitrogen and oxygen atoms in total. The molecule has 0 aliphatic carbocycles. The van der Waals surface area contributed by atoms with Crippen molar-refractivity contribution >= 4 is 39.1 Å². The lowest BCUT2D eigenvalue weighted by atomic mass is 10.0. The standard InChI is InChI=1S/C34H36ClN3O6S/c1-24-10-12-26(13-11-24)22-37(30(34(40)36-2)20-25-8-6-5-7-9-25)33(39)23-38(28-16-14-27(35)15-17-28)45(41,42)29-18-19-31(43-3)32(21-29)44-4/h5-19,21,30H,20,22-23H2,1-4H3,(H,36,40)/t30-/m1/s1. The van der Waals surface area contributed by atoms with Crippen LogP contribution in [0.25, 0.3) is 0 Å². The van der Waals surface area contributed by atoms with E-state index in [0.29, 0.717) is 10.8 Å². The van der Waals surface area contributed by atoms with E-state index in [9.17, 15) is 18.0 Å². The summed E-state index contributed by atoms with van der Waals surface area (Å²) in [5, 5.41) is 3.08. The molecule has 0 spiro atoms. The van der Waals surface area contributed by atoms with Crippen molar-refractivity contribution in [3.8, 4) is 11.5 Å². The summed E-state index contributed by atoms with van der Waals surface area (Å²) >= 11 is 6.13. The number of anilines is 1. The molecule has 0 aromatic heterocycles. The Morgan fingerprint density at radius 1 is 0.844 bits per heavy atom. The van der Waals surface area contributed by atoms with Crippen molar-refractivity contribution in [1.82, 2.24) is 10.2 Å². The molecule has 2 amide bonds. The number of sulfonamides is 1. The quantitative estimate of drug-likeness (QED) is 0.212. The number of benzene rings is 4. The Morgan fingerprint density at radius 3 is 2.09 bits per heavy atom. The monoisotopic (exact) mass is 649 g/mol. The second kappa shape index (κ2) is 15.0. The van der Waals surface area contributed by atoms with E-state index in [-0.39, 0.29) is 35.2 Å². The lowest BCUT2D eigenvalue weighted by molar-refractivity contribution is -0.139. The van der Waals surface area contributed by atoms with E-state index in [1.807, 2.05) is 61.5 Å². The molecule has 0 unspecified atom stereocenters. The number of carbonyl (C=O) groups excluding carboxylic acids is 2. The Labute approximate surface area is 269 Å². The first kappa shape index (κ1) is 33.4. The van der Waals surface area contributed by atoms with Gasteiger partial charge in [0.15, 0.2) is 11.5 Å². The minimum absolute atomic E-state index is 0.0783.